The van der Waals surface area contributed by atoms with Crippen LogP contribution in [0.4, 0.5) is 5.82 Å². The molecule has 1 fully saturated rings. The summed E-state index contributed by atoms with van der Waals surface area (Å²) in [4.78, 5) is 27.3. The number of ether oxygens (including phenoxy) is 1. The first-order valence-electron chi connectivity index (χ1n) is 9.74. The number of aliphatic hydroxyl groups is 1. The van der Waals surface area contributed by atoms with Crippen LogP contribution in [-0.4, -0.2) is 28.6 Å². The number of hydrogen-bond acceptors (Lipinski definition) is 6. The number of anilines is 1. The monoisotopic (exact) mass is 494 g/mol. The molecule has 0 aliphatic carbocycles. The van der Waals surface area contributed by atoms with E-state index in [1.165, 1.54) is 4.90 Å². The molecule has 0 radical (unpaired) electrons. The summed E-state index contributed by atoms with van der Waals surface area (Å²) in [5.41, 5.74) is 0.977. The predicted molar refractivity (Wildman–Crippen MR) is 122 cm³/mol. The third-order valence-electron chi connectivity index (χ3n) is 4.97. The summed E-state index contributed by atoms with van der Waals surface area (Å²) >= 11 is 3.43. The molecule has 0 bridgehead atoms. The van der Waals surface area contributed by atoms with Gasteiger partial charge in [0.05, 0.1) is 11.6 Å². The number of amides is 1. The highest BCUT2D eigenvalue weighted by molar-refractivity contribution is 9.10. The summed E-state index contributed by atoms with van der Waals surface area (Å²) in [5, 5.41) is 15.0. The number of rotatable bonds is 6. The molecule has 0 saturated carbocycles. The van der Waals surface area contributed by atoms with Crippen LogP contribution in [0.25, 0.3) is 5.76 Å². The van der Waals surface area contributed by atoms with Crippen molar-refractivity contribution in [3.63, 3.8) is 0 Å². The van der Waals surface area contributed by atoms with Gasteiger partial charge in [0.2, 0.25) is 0 Å². The quantitative estimate of drug-likeness (QED) is 0.226. The van der Waals surface area contributed by atoms with E-state index in [9.17, 15) is 14.7 Å². The number of aromatic nitrogens is 1. The van der Waals surface area contributed by atoms with Crippen molar-refractivity contribution in [2.75, 3.05) is 11.5 Å². The van der Waals surface area contributed by atoms with E-state index < -0.39 is 17.7 Å². The second-order valence-corrected chi connectivity index (χ2v) is 8.06. The van der Waals surface area contributed by atoms with Crippen molar-refractivity contribution in [3.8, 4) is 5.75 Å². The number of benzene rings is 2. The first-order valence-corrected chi connectivity index (χ1v) is 10.5. The van der Waals surface area contributed by atoms with Gasteiger partial charge in [-0.1, -0.05) is 45.9 Å². The minimum Gasteiger partial charge on any atom is -0.507 e. The fraction of sp³-hybridized carbons (Fsp3) is 0.125. The minimum absolute atomic E-state index is 0.0338. The lowest BCUT2D eigenvalue weighted by atomic mass is 9.95. The van der Waals surface area contributed by atoms with Crippen LogP contribution < -0.4 is 9.64 Å². The van der Waals surface area contributed by atoms with E-state index in [4.69, 9.17) is 9.26 Å². The Morgan fingerprint density at radius 1 is 1.25 bits per heavy atom. The summed E-state index contributed by atoms with van der Waals surface area (Å²) in [5.74, 6) is -0.613. The Hall–Kier alpha value is -3.65. The topological polar surface area (TPSA) is 92.9 Å². The zero-order valence-corrected chi connectivity index (χ0v) is 18.7. The average molecular weight is 495 g/mol. The van der Waals surface area contributed by atoms with Gasteiger partial charge in [-0.05, 0) is 48.9 Å². The van der Waals surface area contributed by atoms with Crippen LogP contribution in [0.5, 0.6) is 5.75 Å². The first-order chi connectivity index (χ1) is 15.4. The molecule has 8 heteroatoms. The fourth-order valence-corrected chi connectivity index (χ4v) is 3.96. The molecule has 162 valence electrons. The maximum atomic E-state index is 13.1. The smallest absolute Gasteiger partial charge is 0.301 e. The van der Waals surface area contributed by atoms with Gasteiger partial charge in [-0.15, -0.1) is 0 Å². The van der Waals surface area contributed by atoms with Crippen molar-refractivity contribution in [2.45, 2.75) is 13.0 Å². The van der Waals surface area contributed by atoms with Crippen molar-refractivity contribution in [1.82, 2.24) is 5.16 Å². The lowest BCUT2D eigenvalue weighted by molar-refractivity contribution is -0.132. The number of carbonyl (C=O) groups is 2. The standard InChI is InChI=1S/C24H19BrN2O5/c1-3-11-31-18-9-7-15(8-10-18)22(28)20-21(16-5-4-6-17(25)13-16)27(24(30)23(20)29)19-12-14(2)32-26-19/h3-10,12-13,21,28H,1,11H2,2H3/b22-20+. The van der Waals surface area contributed by atoms with Gasteiger partial charge in [0.1, 0.15) is 23.9 Å². The lowest BCUT2D eigenvalue weighted by Crippen LogP contribution is -2.29. The molecule has 3 aromatic rings. The number of Topliss-reactive ketones (excluding diaryl/α,β-unsaturated/α-hetero) is 1. The summed E-state index contributed by atoms with van der Waals surface area (Å²) in [7, 11) is 0. The molecule has 4 rings (SSSR count). The molecule has 2 aromatic carbocycles. The Morgan fingerprint density at radius 3 is 2.62 bits per heavy atom. The average Bonchev–Trinajstić information content (AvgIpc) is 3.33. The van der Waals surface area contributed by atoms with Crippen molar-refractivity contribution in [1.29, 1.82) is 0 Å². The third kappa shape index (κ3) is 3.97. The van der Waals surface area contributed by atoms with Crippen molar-refractivity contribution in [2.24, 2.45) is 0 Å². The van der Waals surface area contributed by atoms with Crippen molar-refractivity contribution >= 4 is 39.2 Å². The van der Waals surface area contributed by atoms with E-state index in [2.05, 4.69) is 27.7 Å². The molecule has 7 nitrogen and oxygen atoms in total. The Balaban J connectivity index is 1.85. The normalized spacial score (nSPS) is 17.6. The van der Waals surface area contributed by atoms with Crippen molar-refractivity contribution < 1.29 is 24.0 Å². The minimum atomic E-state index is -0.881. The second kappa shape index (κ2) is 8.84. The highest BCUT2D eigenvalue weighted by Crippen LogP contribution is 2.42. The number of ketones is 1. The van der Waals surface area contributed by atoms with E-state index in [0.717, 1.165) is 4.47 Å². The summed E-state index contributed by atoms with van der Waals surface area (Å²) < 4.78 is 11.4. The lowest BCUT2D eigenvalue weighted by Gasteiger charge is -2.23. The van der Waals surface area contributed by atoms with Crippen LogP contribution in [0.1, 0.15) is 22.9 Å². The van der Waals surface area contributed by atoms with Gasteiger partial charge in [-0.2, -0.15) is 0 Å². The fourth-order valence-electron chi connectivity index (χ4n) is 3.55. The molecule has 1 aromatic heterocycles. The van der Waals surface area contributed by atoms with Crippen LogP contribution in [0.3, 0.4) is 0 Å². The number of aryl methyl sites for hydroxylation is 1. The van der Waals surface area contributed by atoms with Crippen LogP contribution in [0.2, 0.25) is 0 Å². The van der Waals surface area contributed by atoms with E-state index >= 15 is 0 Å². The van der Waals surface area contributed by atoms with E-state index in [1.807, 2.05) is 6.07 Å². The van der Waals surface area contributed by atoms with Gasteiger partial charge in [-0.3, -0.25) is 14.5 Å². The van der Waals surface area contributed by atoms with E-state index in [-0.39, 0.29) is 17.2 Å². The maximum Gasteiger partial charge on any atom is 0.301 e. The molecule has 1 aliphatic rings. The summed E-state index contributed by atoms with van der Waals surface area (Å²) in [6.45, 7) is 5.64. The summed E-state index contributed by atoms with van der Waals surface area (Å²) in [6.07, 6.45) is 1.62. The van der Waals surface area contributed by atoms with Crippen molar-refractivity contribution in [3.05, 3.63) is 94.2 Å². The highest BCUT2D eigenvalue weighted by atomic mass is 79.9. The van der Waals surface area contributed by atoms with Gasteiger partial charge in [0, 0.05) is 16.1 Å². The molecule has 2 heterocycles. The highest BCUT2D eigenvalue weighted by Gasteiger charge is 2.48. The van der Waals surface area contributed by atoms with Gasteiger partial charge in [0.15, 0.2) is 5.82 Å². The molecular formula is C24H19BrN2O5. The largest absolute Gasteiger partial charge is 0.507 e. The molecule has 1 saturated heterocycles. The number of carbonyl (C=O) groups excluding carboxylic acids is 2. The Kier molecular flexibility index (Phi) is 5.96. The first kappa shape index (κ1) is 21.6. The molecule has 0 spiro atoms. The van der Waals surface area contributed by atoms with Gasteiger partial charge >= 0.3 is 5.91 Å². The molecule has 1 amide bonds. The van der Waals surface area contributed by atoms with E-state index in [1.54, 1.807) is 61.5 Å². The number of halogens is 1. The van der Waals surface area contributed by atoms with Crippen LogP contribution in [0, 0.1) is 6.92 Å². The van der Waals surface area contributed by atoms with Crippen LogP contribution in [0.15, 0.2) is 81.8 Å². The molecule has 1 atom stereocenters. The second-order valence-electron chi connectivity index (χ2n) is 7.14. The van der Waals surface area contributed by atoms with Gasteiger partial charge in [-0.25, -0.2) is 0 Å². The van der Waals surface area contributed by atoms with Gasteiger partial charge in [0.25, 0.3) is 5.78 Å². The molecule has 32 heavy (non-hydrogen) atoms. The predicted octanol–water partition coefficient (Wildman–Crippen LogP) is 4.94. The SMILES string of the molecule is C=CCOc1ccc(/C(O)=C2\C(=O)C(=O)N(c3cc(C)on3)C2c2cccc(Br)c2)cc1. The maximum absolute atomic E-state index is 13.1. The number of nitrogens with zero attached hydrogens (tertiary/aromatic N) is 2. The number of hydrogen-bond donors (Lipinski definition) is 1. The number of aliphatic hydroxyl groups excluding tert-OH is 1. The van der Waals surface area contributed by atoms with E-state index in [0.29, 0.717) is 29.2 Å². The Morgan fingerprint density at radius 2 is 2.00 bits per heavy atom. The molecule has 1 aliphatic heterocycles. The third-order valence-corrected chi connectivity index (χ3v) is 5.46. The van der Waals surface area contributed by atoms with Gasteiger partial charge < -0.3 is 14.4 Å². The van der Waals surface area contributed by atoms with Crippen LogP contribution >= 0.6 is 15.9 Å². The zero-order valence-electron chi connectivity index (χ0n) is 17.1. The Bertz CT molecular complexity index is 1230. The Labute approximate surface area is 192 Å². The molecule has 1 unspecified atom stereocenters. The van der Waals surface area contributed by atoms with Crippen LogP contribution in [-0.2, 0) is 9.59 Å². The molecular weight excluding hydrogens is 476 g/mol. The molecule has 1 N–H and O–H groups in total. The summed E-state index contributed by atoms with van der Waals surface area (Å²) in [6, 6.07) is 14.5. The zero-order chi connectivity index (χ0) is 22.8.